The van der Waals surface area contributed by atoms with E-state index in [2.05, 4.69) is 25.1 Å². The van der Waals surface area contributed by atoms with Gasteiger partial charge in [0.15, 0.2) is 0 Å². The van der Waals surface area contributed by atoms with Gasteiger partial charge in [0.1, 0.15) is 0 Å². The lowest BCUT2D eigenvalue weighted by Crippen LogP contribution is -2.08. The highest BCUT2D eigenvalue weighted by molar-refractivity contribution is 7.98. The normalized spacial score (nSPS) is 19.8. The molecule has 0 saturated carbocycles. The number of hydrogen-bond acceptors (Lipinski definition) is 3. The molecule has 94 valence electrons. The minimum Gasteiger partial charge on any atom is -0.377 e. The maximum absolute atomic E-state index is 5.63. The van der Waals surface area contributed by atoms with E-state index in [0.29, 0.717) is 12.6 Å². The molecule has 17 heavy (non-hydrogen) atoms. The Kier molecular flexibility index (Phi) is 4.89. The van der Waals surface area contributed by atoms with Crippen LogP contribution in [0.3, 0.4) is 0 Å². The van der Waals surface area contributed by atoms with Gasteiger partial charge < -0.3 is 10.5 Å². The Labute approximate surface area is 108 Å². The predicted molar refractivity (Wildman–Crippen MR) is 74.2 cm³/mol. The van der Waals surface area contributed by atoms with Crippen molar-refractivity contribution >= 4 is 11.8 Å². The third-order valence-corrected chi connectivity index (χ3v) is 4.35. The molecule has 1 aromatic rings. The number of nitrogens with two attached hydrogens (primary N) is 1. The molecule has 0 radical (unpaired) electrons. The molecule has 1 unspecified atom stereocenters. The monoisotopic (exact) mass is 251 g/mol. The Morgan fingerprint density at radius 1 is 1.47 bits per heavy atom. The van der Waals surface area contributed by atoms with E-state index in [1.807, 2.05) is 11.8 Å². The molecule has 0 aromatic heterocycles. The van der Waals surface area contributed by atoms with Gasteiger partial charge in [-0.1, -0.05) is 18.2 Å². The lowest BCUT2D eigenvalue weighted by molar-refractivity contribution is 0.129. The van der Waals surface area contributed by atoms with Gasteiger partial charge in [-0.05, 0) is 36.5 Å². The van der Waals surface area contributed by atoms with E-state index in [-0.39, 0.29) is 0 Å². The fourth-order valence-corrected chi connectivity index (χ4v) is 3.31. The molecule has 1 aliphatic heterocycles. The highest BCUT2D eigenvalue weighted by Crippen LogP contribution is 2.22. The van der Waals surface area contributed by atoms with E-state index >= 15 is 0 Å². The number of ether oxygens (including phenoxy) is 1. The summed E-state index contributed by atoms with van der Waals surface area (Å²) in [5.74, 6) is 2.20. The summed E-state index contributed by atoms with van der Waals surface area (Å²) in [6, 6.07) is 6.54. The molecule has 1 aromatic carbocycles. The second-order valence-corrected chi connectivity index (χ2v) is 5.65. The fraction of sp³-hybridized carbons (Fsp3) is 0.571. The first-order valence-corrected chi connectivity index (χ1v) is 7.43. The molecule has 3 heteroatoms. The summed E-state index contributed by atoms with van der Waals surface area (Å²) in [5.41, 5.74) is 9.62. The number of hydrogen-bond donors (Lipinski definition) is 1. The first-order valence-electron chi connectivity index (χ1n) is 6.27. The molecule has 2 nitrogen and oxygen atoms in total. The van der Waals surface area contributed by atoms with Crippen molar-refractivity contribution in [3.63, 3.8) is 0 Å². The number of aryl methyl sites for hydroxylation is 1. The van der Waals surface area contributed by atoms with Gasteiger partial charge in [-0.25, -0.2) is 0 Å². The fourth-order valence-electron chi connectivity index (χ4n) is 2.12. The summed E-state index contributed by atoms with van der Waals surface area (Å²) in [6.45, 7) is 3.75. The highest BCUT2D eigenvalue weighted by Gasteiger charge is 2.15. The third kappa shape index (κ3) is 3.73. The van der Waals surface area contributed by atoms with E-state index in [4.69, 9.17) is 10.5 Å². The quantitative estimate of drug-likeness (QED) is 0.874. The second kappa shape index (κ2) is 6.43. The summed E-state index contributed by atoms with van der Waals surface area (Å²) in [7, 11) is 0. The van der Waals surface area contributed by atoms with Crippen LogP contribution in [-0.4, -0.2) is 18.5 Å². The maximum Gasteiger partial charge on any atom is 0.0666 e. The molecule has 1 saturated heterocycles. The zero-order valence-electron chi connectivity index (χ0n) is 10.4. The Morgan fingerprint density at radius 3 is 3.00 bits per heavy atom. The summed E-state index contributed by atoms with van der Waals surface area (Å²) in [4.78, 5) is 0. The molecule has 0 amide bonds. The minimum absolute atomic E-state index is 0.489. The van der Waals surface area contributed by atoms with Gasteiger partial charge in [0, 0.05) is 24.7 Å². The van der Waals surface area contributed by atoms with E-state index < -0.39 is 0 Å². The lowest BCUT2D eigenvalue weighted by atomic mass is 10.1. The number of thioether (sulfide) groups is 1. The average molecular weight is 251 g/mol. The summed E-state index contributed by atoms with van der Waals surface area (Å²) in [6.07, 6.45) is 2.96. The highest BCUT2D eigenvalue weighted by atomic mass is 32.2. The van der Waals surface area contributed by atoms with Crippen LogP contribution in [0.15, 0.2) is 18.2 Å². The maximum atomic E-state index is 5.63. The van der Waals surface area contributed by atoms with Crippen molar-refractivity contribution in [2.24, 2.45) is 5.73 Å². The molecule has 1 heterocycles. The molecule has 0 spiro atoms. The SMILES string of the molecule is Cc1cc(CN)ccc1CSCC1CCCO1. The van der Waals surface area contributed by atoms with E-state index in [1.54, 1.807) is 0 Å². The van der Waals surface area contributed by atoms with E-state index in [1.165, 1.54) is 29.5 Å². The van der Waals surface area contributed by atoms with Crippen LogP contribution in [-0.2, 0) is 17.0 Å². The molecule has 0 bridgehead atoms. The van der Waals surface area contributed by atoms with Gasteiger partial charge in [-0.2, -0.15) is 11.8 Å². The first-order chi connectivity index (χ1) is 8.29. The summed E-state index contributed by atoms with van der Waals surface area (Å²) < 4.78 is 5.62. The van der Waals surface area contributed by atoms with Crippen LogP contribution < -0.4 is 5.73 Å². The van der Waals surface area contributed by atoms with Crippen molar-refractivity contribution in [3.8, 4) is 0 Å². The largest absolute Gasteiger partial charge is 0.377 e. The van der Waals surface area contributed by atoms with Crippen LogP contribution in [0.1, 0.15) is 29.5 Å². The molecule has 2 rings (SSSR count). The van der Waals surface area contributed by atoms with Gasteiger partial charge in [0.2, 0.25) is 0 Å². The molecule has 1 aliphatic rings. The number of benzene rings is 1. The zero-order valence-corrected chi connectivity index (χ0v) is 11.3. The average Bonchev–Trinajstić information content (AvgIpc) is 2.84. The lowest BCUT2D eigenvalue weighted by Gasteiger charge is -2.10. The van der Waals surface area contributed by atoms with Crippen LogP contribution in [0.4, 0.5) is 0 Å². The molecule has 1 atom stereocenters. The third-order valence-electron chi connectivity index (χ3n) is 3.23. The Morgan fingerprint density at radius 2 is 2.35 bits per heavy atom. The topological polar surface area (TPSA) is 35.2 Å². The molecule has 2 N–H and O–H groups in total. The second-order valence-electron chi connectivity index (χ2n) is 4.62. The van der Waals surface area contributed by atoms with Crippen molar-refractivity contribution in [2.45, 2.75) is 38.2 Å². The van der Waals surface area contributed by atoms with Crippen molar-refractivity contribution in [1.82, 2.24) is 0 Å². The number of rotatable bonds is 5. The molecule has 1 fully saturated rings. The standard InChI is InChI=1S/C14H21NOS/c1-11-7-12(8-15)4-5-13(11)9-17-10-14-3-2-6-16-14/h4-5,7,14H,2-3,6,8-10,15H2,1H3. The van der Waals surface area contributed by atoms with Crippen molar-refractivity contribution < 1.29 is 4.74 Å². The van der Waals surface area contributed by atoms with Gasteiger partial charge in [-0.3, -0.25) is 0 Å². The van der Waals surface area contributed by atoms with Crippen LogP contribution in [0.25, 0.3) is 0 Å². The van der Waals surface area contributed by atoms with Gasteiger partial charge in [0.25, 0.3) is 0 Å². The van der Waals surface area contributed by atoms with Crippen LogP contribution in [0, 0.1) is 6.92 Å². The van der Waals surface area contributed by atoms with Gasteiger partial charge in [0.05, 0.1) is 6.10 Å². The van der Waals surface area contributed by atoms with Crippen molar-refractivity contribution in [2.75, 3.05) is 12.4 Å². The van der Waals surface area contributed by atoms with Crippen LogP contribution >= 0.6 is 11.8 Å². The van der Waals surface area contributed by atoms with Crippen LogP contribution in [0.2, 0.25) is 0 Å². The summed E-state index contributed by atoms with van der Waals surface area (Å²) >= 11 is 1.97. The van der Waals surface area contributed by atoms with Crippen molar-refractivity contribution in [3.05, 3.63) is 34.9 Å². The summed E-state index contributed by atoms with van der Waals surface area (Å²) in [5, 5.41) is 0. The first kappa shape index (κ1) is 12.9. The molecule has 0 aliphatic carbocycles. The predicted octanol–water partition coefficient (Wildman–Crippen LogP) is 2.87. The Bertz CT molecular complexity index is 361. The molecular weight excluding hydrogens is 230 g/mol. The van der Waals surface area contributed by atoms with Gasteiger partial charge in [-0.15, -0.1) is 0 Å². The van der Waals surface area contributed by atoms with Gasteiger partial charge >= 0.3 is 0 Å². The Balaban J connectivity index is 1.81. The van der Waals surface area contributed by atoms with E-state index in [0.717, 1.165) is 18.1 Å². The zero-order chi connectivity index (χ0) is 12.1. The van der Waals surface area contributed by atoms with E-state index in [9.17, 15) is 0 Å². The minimum atomic E-state index is 0.489. The van der Waals surface area contributed by atoms with Crippen LogP contribution in [0.5, 0.6) is 0 Å². The Hall–Kier alpha value is -0.510. The molecular formula is C14H21NOS. The van der Waals surface area contributed by atoms with Crippen molar-refractivity contribution in [1.29, 1.82) is 0 Å². The smallest absolute Gasteiger partial charge is 0.0666 e.